The lowest BCUT2D eigenvalue weighted by Crippen LogP contribution is -2.36. The average Bonchev–Trinajstić information content (AvgIpc) is 3.21. The topological polar surface area (TPSA) is 110 Å². The molecule has 3 aromatic rings. The quantitative estimate of drug-likeness (QED) is 0.584. The Bertz CT molecular complexity index is 1110. The van der Waals surface area contributed by atoms with Gasteiger partial charge in [-0.05, 0) is 31.0 Å². The van der Waals surface area contributed by atoms with Gasteiger partial charge in [0.05, 0.1) is 6.61 Å². The second-order valence-electron chi connectivity index (χ2n) is 7.26. The molecule has 2 N–H and O–H groups in total. The molecule has 34 heavy (non-hydrogen) atoms. The van der Waals surface area contributed by atoms with Crippen molar-refractivity contribution in [2.24, 2.45) is 7.05 Å². The SMILES string of the molecule is Cn1cc(-c2cnc(Nc3ccccc3)nc2)cc1C(=O)N1CCCCO1.O=C(O)C(F)(F)F. The van der Waals surface area contributed by atoms with Gasteiger partial charge in [-0.1, -0.05) is 18.2 Å². The first-order valence-electron chi connectivity index (χ1n) is 10.2. The van der Waals surface area contributed by atoms with E-state index in [0.717, 1.165) is 29.7 Å². The summed E-state index contributed by atoms with van der Waals surface area (Å²) in [6.07, 6.45) is 2.27. The van der Waals surface area contributed by atoms with Gasteiger partial charge in [0.15, 0.2) is 0 Å². The fraction of sp³-hybridized carbons (Fsp3) is 0.273. The molecule has 4 rings (SSSR count). The van der Waals surface area contributed by atoms with Crippen molar-refractivity contribution < 1.29 is 32.7 Å². The standard InChI is InChI=1S/C20H21N5O2.C2HF3O2/c1-24-14-15(11-18(24)19(26)25-9-5-6-10-27-25)16-12-21-20(22-13-16)23-17-7-3-2-4-8-17;3-2(4,5)1(6)7/h2-4,7-8,11-14H,5-6,9-10H2,1H3,(H,21,22,23);(H,6,7). The predicted molar refractivity (Wildman–Crippen MR) is 116 cm³/mol. The Morgan fingerprint density at radius 2 is 1.74 bits per heavy atom. The number of carboxylic acid groups (broad SMARTS) is 1. The van der Waals surface area contributed by atoms with Crippen molar-refractivity contribution in [3.63, 3.8) is 0 Å². The fourth-order valence-electron chi connectivity index (χ4n) is 3.01. The molecule has 0 atom stereocenters. The highest BCUT2D eigenvalue weighted by Gasteiger charge is 2.38. The number of carboxylic acids is 1. The number of aliphatic carboxylic acids is 1. The molecule has 0 spiro atoms. The molecule has 1 aromatic carbocycles. The molecule has 180 valence electrons. The fourth-order valence-corrected chi connectivity index (χ4v) is 3.01. The molecular weight excluding hydrogens is 455 g/mol. The molecule has 3 heterocycles. The van der Waals surface area contributed by atoms with Crippen LogP contribution in [0.1, 0.15) is 23.3 Å². The van der Waals surface area contributed by atoms with Crippen LogP contribution in [-0.4, -0.2) is 55.9 Å². The Balaban J connectivity index is 0.000000406. The Morgan fingerprint density at radius 1 is 1.09 bits per heavy atom. The van der Waals surface area contributed by atoms with Crippen molar-refractivity contribution >= 4 is 23.5 Å². The second-order valence-corrected chi connectivity index (χ2v) is 7.26. The maximum Gasteiger partial charge on any atom is 0.490 e. The number of hydrogen-bond donors (Lipinski definition) is 2. The number of carbonyl (C=O) groups is 2. The lowest BCUT2D eigenvalue weighted by atomic mass is 10.2. The minimum atomic E-state index is -5.08. The normalized spacial score (nSPS) is 13.6. The molecule has 1 amide bonds. The van der Waals surface area contributed by atoms with Gasteiger partial charge in [0, 0.05) is 49.0 Å². The smallest absolute Gasteiger partial charge is 0.475 e. The molecule has 1 saturated heterocycles. The van der Waals surface area contributed by atoms with Crippen LogP contribution in [0, 0.1) is 0 Å². The number of nitrogens with zero attached hydrogens (tertiary/aromatic N) is 4. The molecule has 0 unspecified atom stereocenters. The molecule has 0 radical (unpaired) electrons. The minimum absolute atomic E-state index is 0.119. The molecule has 0 bridgehead atoms. The molecule has 0 saturated carbocycles. The van der Waals surface area contributed by atoms with Gasteiger partial charge in [-0.2, -0.15) is 13.2 Å². The summed E-state index contributed by atoms with van der Waals surface area (Å²) in [5, 5.41) is 11.7. The average molecular weight is 477 g/mol. The van der Waals surface area contributed by atoms with Crippen molar-refractivity contribution in [2.45, 2.75) is 19.0 Å². The molecule has 12 heteroatoms. The van der Waals surface area contributed by atoms with Crippen LogP contribution in [0.15, 0.2) is 55.0 Å². The monoisotopic (exact) mass is 477 g/mol. The van der Waals surface area contributed by atoms with Crippen molar-refractivity contribution in [1.82, 2.24) is 19.6 Å². The van der Waals surface area contributed by atoms with Crippen LogP contribution >= 0.6 is 0 Å². The van der Waals surface area contributed by atoms with E-state index in [1.54, 1.807) is 12.4 Å². The summed E-state index contributed by atoms with van der Waals surface area (Å²) in [5.74, 6) is -2.35. The summed E-state index contributed by atoms with van der Waals surface area (Å²) in [7, 11) is 1.85. The van der Waals surface area contributed by atoms with Gasteiger partial charge in [-0.3, -0.25) is 9.63 Å². The molecule has 9 nitrogen and oxygen atoms in total. The molecule has 1 fully saturated rings. The first kappa shape index (κ1) is 24.7. The first-order chi connectivity index (χ1) is 16.1. The highest BCUT2D eigenvalue weighted by atomic mass is 19.4. The van der Waals surface area contributed by atoms with Gasteiger partial charge in [-0.15, -0.1) is 0 Å². The van der Waals surface area contributed by atoms with E-state index in [9.17, 15) is 18.0 Å². The van der Waals surface area contributed by atoms with E-state index in [2.05, 4.69) is 15.3 Å². The number of hydrogen-bond acceptors (Lipinski definition) is 6. The molecule has 1 aliphatic rings. The van der Waals surface area contributed by atoms with Crippen LogP contribution in [0.5, 0.6) is 0 Å². The zero-order valence-corrected chi connectivity index (χ0v) is 18.1. The van der Waals surface area contributed by atoms with Crippen molar-refractivity contribution in [3.05, 3.63) is 60.7 Å². The minimum Gasteiger partial charge on any atom is -0.475 e. The molecule has 2 aromatic heterocycles. The summed E-state index contributed by atoms with van der Waals surface area (Å²) in [6.45, 7) is 1.22. The first-order valence-corrected chi connectivity index (χ1v) is 10.2. The van der Waals surface area contributed by atoms with E-state index in [4.69, 9.17) is 14.7 Å². The van der Waals surface area contributed by atoms with E-state index in [0.29, 0.717) is 24.8 Å². The van der Waals surface area contributed by atoms with Gasteiger partial charge in [0.2, 0.25) is 5.95 Å². The van der Waals surface area contributed by atoms with E-state index >= 15 is 0 Å². The van der Waals surface area contributed by atoms with Gasteiger partial charge in [-0.25, -0.2) is 19.8 Å². The zero-order chi connectivity index (χ0) is 24.7. The third-order valence-electron chi connectivity index (χ3n) is 4.71. The number of alkyl halides is 3. The van der Waals surface area contributed by atoms with Crippen LogP contribution in [0.4, 0.5) is 24.8 Å². The third kappa shape index (κ3) is 6.54. The number of halogens is 3. The van der Waals surface area contributed by atoms with Gasteiger partial charge in [0.1, 0.15) is 5.69 Å². The molecule has 0 aliphatic carbocycles. The number of anilines is 2. The van der Waals surface area contributed by atoms with E-state index in [1.165, 1.54) is 5.06 Å². The lowest BCUT2D eigenvalue weighted by Gasteiger charge is -2.25. The number of benzene rings is 1. The number of amides is 1. The van der Waals surface area contributed by atoms with Crippen molar-refractivity contribution in [2.75, 3.05) is 18.5 Å². The zero-order valence-electron chi connectivity index (χ0n) is 18.1. The third-order valence-corrected chi connectivity index (χ3v) is 4.71. The Labute approximate surface area is 192 Å². The largest absolute Gasteiger partial charge is 0.490 e. The summed E-state index contributed by atoms with van der Waals surface area (Å²) >= 11 is 0. The Hall–Kier alpha value is -3.93. The van der Waals surface area contributed by atoms with Gasteiger partial charge < -0.3 is 15.0 Å². The van der Waals surface area contributed by atoms with Crippen LogP contribution in [0.25, 0.3) is 11.1 Å². The maximum atomic E-state index is 12.7. The summed E-state index contributed by atoms with van der Waals surface area (Å²) in [6, 6.07) is 11.6. The Morgan fingerprint density at radius 3 is 2.29 bits per heavy atom. The number of hydroxylamine groups is 2. The van der Waals surface area contributed by atoms with Gasteiger partial charge in [0.25, 0.3) is 5.91 Å². The summed E-state index contributed by atoms with van der Waals surface area (Å²) < 4.78 is 33.5. The van der Waals surface area contributed by atoms with E-state index in [1.807, 2.05) is 54.2 Å². The van der Waals surface area contributed by atoms with E-state index < -0.39 is 12.1 Å². The number of aryl methyl sites for hydroxylation is 1. The van der Waals surface area contributed by atoms with Crippen LogP contribution < -0.4 is 5.32 Å². The number of carbonyl (C=O) groups excluding carboxylic acids is 1. The van der Waals surface area contributed by atoms with Crippen molar-refractivity contribution in [1.29, 1.82) is 0 Å². The second kappa shape index (κ2) is 10.8. The molecular formula is C22H22F3N5O4. The van der Waals surface area contributed by atoms with Crippen LogP contribution in [0.2, 0.25) is 0 Å². The highest BCUT2D eigenvalue weighted by molar-refractivity contribution is 5.93. The summed E-state index contributed by atoms with van der Waals surface area (Å²) in [5.41, 5.74) is 3.25. The number of nitrogens with one attached hydrogen (secondary N) is 1. The Kier molecular flexibility index (Phi) is 7.84. The maximum absolute atomic E-state index is 12.7. The molecule has 1 aliphatic heterocycles. The predicted octanol–water partition coefficient (Wildman–Crippen LogP) is 4.03. The van der Waals surface area contributed by atoms with Crippen LogP contribution in [0.3, 0.4) is 0 Å². The summed E-state index contributed by atoms with van der Waals surface area (Å²) in [4.78, 5) is 35.8. The number of para-hydroxylation sites is 1. The van der Waals surface area contributed by atoms with Gasteiger partial charge >= 0.3 is 12.1 Å². The highest BCUT2D eigenvalue weighted by Crippen LogP contribution is 2.23. The van der Waals surface area contributed by atoms with E-state index in [-0.39, 0.29) is 5.91 Å². The lowest BCUT2D eigenvalue weighted by molar-refractivity contribution is -0.192. The number of aromatic nitrogens is 3. The van der Waals surface area contributed by atoms with Crippen molar-refractivity contribution in [3.8, 4) is 11.1 Å². The van der Waals surface area contributed by atoms with Crippen LogP contribution in [-0.2, 0) is 16.7 Å². The number of rotatable bonds is 4.